The number of ether oxygens (including phenoxy) is 1. The van der Waals surface area contributed by atoms with Gasteiger partial charge < -0.3 is 25.6 Å². The van der Waals surface area contributed by atoms with Gasteiger partial charge in [0.25, 0.3) is 0 Å². The molecule has 17 heavy (non-hydrogen) atoms. The van der Waals surface area contributed by atoms with Gasteiger partial charge in [-0.25, -0.2) is 0 Å². The smallest absolute Gasteiger partial charge is 0.0606 e. The molecule has 2 rings (SSSR count). The first-order valence-electron chi connectivity index (χ1n) is 6.65. The number of hydrogen-bond acceptors (Lipinski definition) is 5. The van der Waals surface area contributed by atoms with E-state index < -0.39 is 0 Å². The Balaban J connectivity index is 1.75. The highest BCUT2D eigenvalue weighted by Crippen LogP contribution is 2.20. The zero-order valence-corrected chi connectivity index (χ0v) is 10.3. The van der Waals surface area contributed by atoms with Crippen molar-refractivity contribution < 1.29 is 14.9 Å². The molecule has 0 bridgehead atoms. The summed E-state index contributed by atoms with van der Waals surface area (Å²) in [6.45, 7) is 2.21. The van der Waals surface area contributed by atoms with Crippen LogP contribution in [0.25, 0.3) is 0 Å². The van der Waals surface area contributed by atoms with E-state index in [1.165, 1.54) is 0 Å². The van der Waals surface area contributed by atoms with E-state index in [1.807, 2.05) is 0 Å². The molecule has 0 saturated carbocycles. The van der Waals surface area contributed by atoms with Crippen molar-refractivity contribution >= 4 is 0 Å². The van der Waals surface area contributed by atoms with Crippen molar-refractivity contribution in [3.63, 3.8) is 0 Å². The lowest BCUT2D eigenvalue weighted by molar-refractivity contribution is -0.0576. The summed E-state index contributed by atoms with van der Waals surface area (Å²) >= 11 is 0. The van der Waals surface area contributed by atoms with Gasteiger partial charge in [-0.05, 0) is 38.8 Å². The van der Waals surface area contributed by atoms with Crippen molar-refractivity contribution in [1.82, 2.24) is 10.6 Å². The first-order valence-corrected chi connectivity index (χ1v) is 6.65. The van der Waals surface area contributed by atoms with E-state index >= 15 is 0 Å². The molecule has 2 aliphatic rings. The summed E-state index contributed by atoms with van der Waals surface area (Å²) < 4.78 is 6.09. The van der Waals surface area contributed by atoms with Crippen molar-refractivity contribution in [2.45, 2.75) is 50.0 Å². The van der Waals surface area contributed by atoms with E-state index in [2.05, 4.69) is 10.6 Å². The van der Waals surface area contributed by atoms with Crippen LogP contribution in [-0.2, 0) is 4.74 Å². The molecule has 0 aromatic heterocycles. The van der Waals surface area contributed by atoms with Crippen molar-refractivity contribution in [3.05, 3.63) is 0 Å². The highest BCUT2D eigenvalue weighted by molar-refractivity contribution is 4.82. The van der Waals surface area contributed by atoms with E-state index in [1.54, 1.807) is 0 Å². The number of rotatable bonds is 4. The van der Waals surface area contributed by atoms with E-state index in [0.717, 1.165) is 38.8 Å². The van der Waals surface area contributed by atoms with E-state index in [9.17, 15) is 0 Å². The number of aliphatic hydroxyl groups is 2. The average Bonchev–Trinajstić information content (AvgIpc) is 2.39. The molecule has 0 radical (unpaired) electrons. The van der Waals surface area contributed by atoms with Gasteiger partial charge in [-0.1, -0.05) is 0 Å². The van der Waals surface area contributed by atoms with Crippen LogP contribution < -0.4 is 10.6 Å². The average molecular weight is 244 g/mol. The molecule has 100 valence electrons. The van der Waals surface area contributed by atoms with Crippen molar-refractivity contribution in [2.24, 2.45) is 0 Å². The van der Waals surface area contributed by atoms with Gasteiger partial charge in [-0.3, -0.25) is 0 Å². The van der Waals surface area contributed by atoms with Gasteiger partial charge in [0.15, 0.2) is 0 Å². The fourth-order valence-corrected chi connectivity index (χ4v) is 2.73. The van der Waals surface area contributed by atoms with Crippen LogP contribution >= 0.6 is 0 Å². The van der Waals surface area contributed by atoms with Crippen LogP contribution in [0.4, 0.5) is 0 Å². The summed E-state index contributed by atoms with van der Waals surface area (Å²) in [6, 6.07) is 0.369. The molecule has 2 aliphatic heterocycles. The molecule has 4 atom stereocenters. The summed E-state index contributed by atoms with van der Waals surface area (Å²) in [4.78, 5) is 0. The molecule has 0 amide bonds. The molecule has 0 spiro atoms. The Kier molecular flexibility index (Phi) is 5.18. The molecule has 0 unspecified atom stereocenters. The fraction of sp³-hybridized carbons (Fsp3) is 1.00. The van der Waals surface area contributed by atoms with E-state index in [4.69, 9.17) is 14.9 Å². The maximum Gasteiger partial charge on any atom is 0.0606 e. The largest absolute Gasteiger partial charge is 0.395 e. The molecule has 0 aliphatic carbocycles. The van der Waals surface area contributed by atoms with Crippen LogP contribution in [0.3, 0.4) is 0 Å². The van der Waals surface area contributed by atoms with Crippen LogP contribution in [0.1, 0.15) is 25.7 Å². The third kappa shape index (κ3) is 3.89. The van der Waals surface area contributed by atoms with Gasteiger partial charge in [0.1, 0.15) is 0 Å². The minimum absolute atomic E-state index is 0.184. The lowest BCUT2D eigenvalue weighted by Crippen LogP contribution is -2.47. The molecule has 5 heteroatoms. The van der Waals surface area contributed by atoms with Gasteiger partial charge in [-0.15, -0.1) is 0 Å². The highest BCUT2D eigenvalue weighted by atomic mass is 16.5. The van der Waals surface area contributed by atoms with Gasteiger partial charge in [0.05, 0.1) is 25.4 Å². The molecule has 0 aromatic carbocycles. The normalized spacial score (nSPS) is 39.2. The SMILES string of the molecule is OC[C@@H]1C[C@@H](O[C@H]2CCN[C@H](CO)C2)CCN1. The molecule has 2 fully saturated rings. The standard InChI is InChI=1S/C12H24N2O3/c15-7-9-5-11(1-3-13-9)17-12-2-4-14-10(6-12)8-16/h9-16H,1-8H2/t9-,10-,11-,12-/m0/s1. The molecule has 4 N–H and O–H groups in total. The Bertz CT molecular complexity index is 206. The topological polar surface area (TPSA) is 73.8 Å². The lowest BCUT2D eigenvalue weighted by Gasteiger charge is -2.35. The third-order valence-electron chi connectivity index (χ3n) is 3.72. The minimum Gasteiger partial charge on any atom is -0.395 e. The first-order chi connectivity index (χ1) is 8.31. The van der Waals surface area contributed by atoms with Gasteiger partial charge in [0, 0.05) is 12.1 Å². The van der Waals surface area contributed by atoms with Gasteiger partial charge in [-0.2, -0.15) is 0 Å². The molecular formula is C12H24N2O3. The Hall–Kier alpha value is -0.200. The van der Waals surface area contributed by atoms with Crippen LogP contribution in [0.2, 0.25) is 0 Å². The third-order valence-corrected chi connectivity index (χ3v) is 3.72. The molecule has 2 saturated heterocycles. The Morgan fingerprint density at radius 1 is 0.882 bits per heavy atom. The second kappa shape index (κ2) is 6.66. The predicted molar refractivity (Wildman–Crippen MR) is 64.9 cm³/mol. The van der Waals surface area contributed by atoms with Crippen molar-refractivity contribution in [1.29, 1.82) is 0 Å². The van der Waals surface area contributed by atoms with E-state index in [0.29, 0.717) is 0 Å². The van der Waals surface area contributed by atoms with Crippen molar-refractivity contribution in [2.75, 3.05) is 26.3 Å². The summed E-state index contributed by atoms with van der Waals surface area (Å²) in [5.74, 6) is 0. The van der Waals surface area contributed by atoms with E-state index in [-0.39, 0.29) is 37.5 Å². The zero-order valence-electron chi connectivity index (χ0n) is 10.3. The van der Waals surface area contributed by atoms with Crippen LogP contribution in [0.15, 0.2) is 0 Å². The Labute approximate surface area is 103 Å². The molecule has 0 aromatic rings. The monoisotopic (exact) mass is 244 g/mol. The summed E-state index contributed by atoms with van der Waals surface area (Å²) in [7, 11) is 0. The van der Waals surface area contributed by atoms with Crippen LogP contribution in [0, 0.1) is 0 Å². The fourth-order valence-electron chi connectivity index (χ4n) is 2.73. The van der Waals surface area contributed by atoms with Gasteiger partial charge >= 0.3 is 0 Å². The minimum atomic E-state index is 0.184. The second-order valence-electron chi connectivity index (χ2n) is 5.10. The quantitative estimate of drug-likeness (QED) is 0.522. The number of piperidine rings is 2. The highest BCUT2D eigenvalue weighted by Gasteiger charge is 2.27. The van der Waals surface area contributed by atoms with Gasteiger partial charge in [0.2, 0.25) is 0 Å². The maximum atomic E-state index is 9.13. The lowest BCUT2D eigenvalue weighted by atomic mass is 9.99. The summed E-state index contributed by atoms with van der Waals surface area (Å²) in [6.07, 6.45) is 4.34. The maximum absolute atomic E-state index is 9.13. The summed E-state index contributed by atoms with van der Waals surface area (Å²) in [5.41, 5.74) is 0. The number of hydrogen-bond donors (Lipinski definition) is 4. The zero-order chi connectivity index (χ0) is 12.1. The first kappa shape index (κ1) is 13.2. The molecular weight excluding hydrogens is 220 g/mol. The molecule has 5 nitrogen and oxygen atoms in total. The van der Waals surface area contributed by atoms with Crippen LogP contribution in [0.5, 0.6) is 0 Å². The predicted octanol–water partition coefficient (Wildman–Crippen LogP) is -0.771. The van der Waals surface area contributed by atoms with Crippen molar-refractivity contribution in [3.8, 4) is 0 Å². The number of nitrogens with one attached hydrogen (secondary N) is 2. The molecule has 2 heterocycles. The Morgan fingerprint density at radius 3 is 1.76 bits per heavy atom. The second-order valence-corrected chi connectivity index (χ2v) is 5.10. The number of aliphatic hydroxyl groups excluding tert-OH is 2. The van der Waals surface area contributed by atoms with Crippen LogP contribution in [-0.4, -0.2) is 60.8 Å². The Morgan fingerprint density at radius 2 is 1.35 bits per heavy atom. The summed E-state index contributed by atoms with van der Waals surface area (Å²) in [5, 5.41) is 24.8.